The maximum Gasteiger partial charge on any atom is 0.242 e. The summed E-state index contributed by atoms with van der Waals surface area (Å²) in [5.41, 5.74) is 0.851. The summed E-state index contributed by atoms with van der Waals surface area (Å²) >= 11 is 0. The fourth-order valence-electron chi connectivity index (χ4n) is 1.71. The largest absolute Gasteiger partial charge is 0.244 e. The van der Waals surface area contributed by atoms with Crippen molar-refractivity contribution in [1.29, 1.82) is 5.26 Å². The van der Waals surface area contributed by atoms with E-state index in [9.17, 15) is 12.8 Å². The molecule has 2 aromatic rings. The smallest absolute Gasteiger partial charge is 0.242 e. The van der Waals surface area contributed by atoms with Crippen molar-refractivity contribution in [3.8, 4) is 6.07 Å². The van der Waals surface area contributed by atoms with E-state index >= 15 is 0 Å². The van der Waals surface area contributed by atoms with E-state index in [4.69, 9.17) is 5.26 Å². The molecular weight excluding hydrogens is 293 g/mol. The summed E-state index contributed by atoms with van der Waals surface area (Å²) in [6, 6.07) is 10.4. The van der Waals surface area contributed by atoms with Gasteiger partial charge in [-0.2, -0.15) is 5.26 Å². The van der Waals surface area contributed by atoms with E-state index in [1.54, 1.807) is 12.1 Å². The molecule has 0 spiro atoms. The molecule has 0 unspecified atom stereocenters. The number of halogens is 1. The van der Waals surface area contributed by atoms with Crippen LogP contribution < -0.4 is 4.72 Å². The van der Waals surface area contributed by atoms with Gasteiger partial charge < -0.3 is 0 Å². The van der Waals surface area contributed by atoms with Crippen LogP contribution in [0, 0.1) is 17.1 Å². The van der Waals surface area contributed by atoms with Gasteiger partial charge in [0.1, 0.15) is 22.5 Å². The van der Waals surface area contributed by atoms with E-state index in [0.29, 0.717) is 12.0 Å². The minimum atomic E-state index is -3.68. The van der Waals surface area contributed by atoms with Gasteiger partial charge in [0.25, 0.3) is 0 Å². The summed E-state index contributed by atoms with van der Waals surface area (Å²) in [7, 11) is -3.68. The second kappa shape index (κ2) is 6.43. The third kappa shape index (κ3) is 4.08. The van der Waals surface area contributed by atoms with Crippen molar-refractivity contribution in [3.05, 3.63) is 59.7 Å². The van der Waals surface area contributed by atoms with E-state index in [2.05, 4.69) is 9.71 Å². The Bertz CT molecular complexity index is 768. The maximum absolute atomic E-state index is 13.0. The molecule has 0 fully saturated rings. The number of pyridine rings is 1. The van der Waals surface area contributed by atoms with Gasteiger partial charge >= 0.3 is 0 Å². The SMILES string of the molecule is N#Cc1ccc(S(=O)(=O)NCCc2cccc(F)c2)cn1. The minimum Gasteiger partial charge on any atom is -0.244 e. The van der Waals surface area contributed by atoms with Crippen molar-refractivity contribution in [2.24, 2.45) is 0 Å². The Morgan fingerprint density at radius 3 is 2.71 bits per heavy atom. The summed E-state index contributed by atoms with van der Waals surface area (Å²) in [5.74, 6) is -0.355. The van der Waals surface area contributed by atoms with Gasteiger partial charge in [-0.25, -0.2) is 22.5 Å². The lowest BCUT2D eigenvalue weighted by Gasteiger charge is -2.06. The predicted octanol–water partition coefficient (Wildman–Crippen LogP) is 1.61. The zero-order valence-electron chi connectivity index (χ0n) is 11.0. The molecule has 2 rings (SSSR count). The van der Waals surface area contributed by atoms with Crippen LogP contribution in [0.3, 0.4) is 0 Å². The fraction of sp³-hybridized carbons (Fsp3) is 0.143. The molecule has 0 aliphatic heterocycles. The van der Waals surface area contributed by atoms with E-state index in [1.807, 2.05) is 6.07 Å². The highest BCUT2D eigenvalue weighted by molar-refractivity contribution is 7.89. The quantitative estimate of drug-likeness (QED) is 0.909. The van der Waals surface area contributed by atoms with Crippen molar-refractivity contribution >= 4 is 10.0 Å². The Kier molecular flexibility index (Phi) is 4.62. The molecule has 0 radical (unpaired) electrons. The number of rotatable bonds is 5. The summed E-state index contributed by atoms with van der Waals surface area (Å²) in [6.45, 7) is 0.145. The molecule has 0 amide bonds. The first kappa shape index (κ1) is 15.1. The van der Waals surface area contributed by atoms with Crippen LogP contribution in [0.2, 0.25) is 0 Å². The first-order valence-electron chi connectivity index (χ1n) is 6.11. The molecule has 0 aliphatic rings. The second-order valence-corrected chi connectivity index (χ2v) is 6.04. The van der Waals surface area contributed by atoms with Crippen LogP contribution in [0.4, 0.5) is 4.39 Å². The van der Waals surface area contributed by atoms with Crippen molar-refractivity contribution in [3.63, 3.8) is 0 Å². The number of nitrogens with one attached hydrogen (secondary N) is 1. The topological polar surface area (TPSA) is 82.8 Å². The van der Waals surface area contributed by atoms with E-state index in [1.165, 1.54) is 24.3 Å². The number of hydrogen-bond donors (Lipinski definition) is 1. The van der Waals surface area contributed by atoms with Gasteiger partial charge in [0, 0.05) is 12.7 Å². The minimum absolute atomic E-state index is 0.0132. The maximum atomic E-state index is 13.0. The molecule has 21 heavy (non-hydrogen) atoms. The Hall–Kier alpha value is -2.30. The van der Waals surface area contributed by atoms with Crippen molar-refractivity contribution in [2.75, 3.05) is 6.54 Å². The normalized spacial score (nSPS) is 11.0. The van der Waals surface area contributed by atoms with E-state index in [0.717, 1.165) is 6.20 Å². The van der Waals surface area contributed by atoms with Gasteiger partial charge in [-0.3, -0.25) is 0 Å². The molecule has 1 heterocycles. The third-order valence-electron chi connectivity index (χ3n) is 2.76. The molecule has 0 saturated heterocycles. The highest BCUT2D eigenvalue weighted by Gasteiger charge is 2.13. The molecule has 7 heteroatoms. The molecule has 0 atom stereocenters. The average molecular weight is 305 g/mol. The van der Waals surface area contributed by atoms with Gasteiger partial charge in [-0.1, -0.05) is 12.1 Å². The molecule has 1 N–H and O–H groups in total. The first-order chi connectivity index (χ1) is 10.0. The first-order valence-corrected chi connectivity index (χ1v) is 7.60. The van der Waals surface area contributed by atoms with Crippen LogP contribution in [0.1, 0.15) is 11.3 Å². The molecular formula is C14H12FN3O2S. The molecule has 0 saturated carbocycles. The molecule has 0 bridgehead atoms. The zero-order chi connectivity index (χ0) is 15.3. The predicted molar refractivity (Wildman–Crippen MR) is 74.2 cm³/mol. The lowest BCUT2D eigenvalue weighted by atomic mass is 10.1. The van der Waals surface area contributed by atoms with Crippen LogP contribution >= 0.6 is 0 Å². The van der Waals surface area contributed by atoms with Crippen molar-refractivity contribution in [2.45, 2.75) is 11.3 Å². The standard InChI is InChI=1S/C14H12FN3O2S/c15-12-3-1-2-11(8-12)6-7-18-21(19,20)14-5-4-13(9-16)17-10-14/h1-5,8,10,18H,6-7H2. The van der Waals surface area contributed by atoms with E-state index in [-0.39, 0.29) is 23.0 Å². The lowest BCUT2D eigenvalue weighted by Crippen LogP contribution is -2.26. The number of hydrogen-bond acceptors (Lipinski definition) is 4. The van der Waals surface area contributed by atoms with Gasteiger partial charge in [-0.05, 0) is 36.2 Å². The number of sulfonamides is 1. The number of aromatic nitrogens is 1. The lowest BCUT2D eigenvalue weighted by molar-refractivity contribution is 0.581. The molecule has 5 nitrogen and oxygen atoms in total. The molecule has 108 valence electrons. The Labute approximate surface area is 122 Å². The average Bonchev–Trinajstić information content (AvgIpc) is 2.47. The number of nitriles is 1. The monoisotopic (exact) mass is 305 g/mol. The number of benzene rings is 1. The van der Waals surface area contributed by atoms with Crippen LogP contribution in [-0.2, 0) is 16.4 Å². The molecule has 1 aromatic heterocycles. The van der Waals surface area contributed by atoms with Gasteiger partial charge in [-0.15, -0.1) is 0 Å². The Morgan fingerprint density at radius 1 is 1.29 bits per heavy atom. The van der Waals surface area contributed by atoms with Gasteiger partial charge in [0.2, 0.25) is 10.0 Å². The number of nitrogens with zero attached hydrogens (tertiary/aromatic N) is 2. The van der Waals surface area contributed by atoms with Crippen LogP contribution in [0.5, 0.6) is 0 Å². The molecule has 1 aromatic carbocycles. The van der Waals surface area contributed by atoms with Gasteiger partial charge in [0.15, 0.2) is 0 Å². The summed E-state index contributed by atoms with van der Waals surface area (Å²) in [6.07, 6.45) is 1.50. The van der Waals surface area contributed by atoms with Crippen LogP contribution in [0.25, 0.3) is 0 Å². The zero-order valence-corrected chi connectivity index (χ0v) is 11.8. The molecule has 0 aliphatic carbocycles. The van der Waals surface area contributed by atoms with Crippen LogP contribution in [0.15, 0.2) is 47.5 Å². The summed E-state index contributed by atoms with van der Waals surface area (Å²) in [5, 5.41) is 8.61. The van der Waals surface area contributed by atoms with Crippen LogP contribution in [-0.4, -0.2) is 19.9 Å². The third-order valence-corrected chi connectivity index (χ3v) is 4.20. The summed E-state index contributed by atoms with van der Waals surface area (Å²) < 4.78 is 39.4. The highest BCUT2D eigenvalue weighted by atomic mass is 32.2. The van der Waals surface area contributed by atoms with Crippen molar-refractivity contribution < 1.29 is 12.8 Å². The Morgan fingerprint density at radius 2 is 2.10 bits per heavy atom. The highest BCUT2D eigenvalue weighted by Crippen LogP contribution is 2.08. The fourth-order valence-corrected chi connectivity index (χ4v) is 2.69. The summed E-state index contributed by atoms with van der Waals surface area (Å²) in [4.78, 5) is 3.70. The van der Waals surface area contributed by atoms with Crippen molar-refractivity contribution in [1.82, 2.24) is 9.71 Å². The van der Waals surface area contributed by atoms with Gasteiger partial charge in [0.05, 0.1) is 0 Å². The Balaban J connectivity index is 1.99. The second-order valence-electron chi connectivity index (χ2n) is 4.27. The van der Waals surface area contributed by atoms with E-state index < -0.39 is 10.0 Å².